The summed E-state index contributed by atoms with van der Waals surface area (Å²) in [7, 11) is 0. The van der Waals surface area contributed by atoms with Gasteiger partial charge < -0.3 is 15.5 Å². The highest BCUT2D eigenvalue weighted by Crippen LogP contribution is 2.30. The van der Waals surface area contributed by atoms with E-state index in [1.54, 1.807) is 4.90 Å². The molecule has 148 valence electrons. The number of nitrogens with two attached hydrogens (primary N) is 1. The lowest BCUT2D eigenvalue weighted by Crippen LogP contribution is -2.52. The maximum Gasteiger partial charge on any atom is 0.416 e. The van der Waals surface area contributed by atoms with Crippen LogP contribution in [-0.4, -0.2) is 53.8 Å². The Balaban J connectivity index is 1.59. The highest BCUT2D eigenvalue weighted by atomic mass is 19.4. The lowest BCUT2D eigenvalue weighted by molar-refractivity contribution is -0.138. The van der Waals surface area contributed by atoms with Gasteiger partial charge in [-0.1, -0.05) is 12.5 Å². The molecule has 1 aliphatic heterocycles. The van der Waals surface area contributed by atoms with E-state index in [2.05, 4.69) is 0 Å². The molecule has 2 unspecified atom stereocenters. The van der Waals surface area contributed by atoms with Gasteiger partial charge in [0.15, 0.2) is 0 Å². The van der Waals surface area contributed by atoms with Crippen molar-refractivity contribution in [3.63, 3.8) is 0 Å². The van der Waals surface area contributed by atoms with Crippen molar-refractivity contribution in [1.29, 1.82) is 0 Å². The monoisotopic (exact) mass is 383 g/mol. The second-order valence-electron chi connectivity index (χ2n) is 7.32. The van der Waals surface area contributed by atoms with Gasteiger partial charge in [-0.3, -0.25) is 9.59 Å². The lowest BCUT2D eigenvalue weighted by atomic mass is 9.85. The van der Waals surface area contributed by atoms with Crippen LogP contribution >= 0.6 is 0 Å². The van der Waals surface area contributed by atoms with Crippen LogP contribution in [0.2, 0.25) is 0 Å². The van der Waals surface area contributed by atoms with Crippen LogP contribution in [-0.2, 0) is 11.0 Å². The second-order valence-corrected chi connectivity index (χ2v) is 7.32. The van der Waals surface area contributed by atoms with E-state index in [0.717, 1.165) is 31.4 Å². The van der Waals surface area contributed by atoms with Crippen LogP contribution in [0.15, 0.2) is 24.3 Å². The zero-order valence-corrected chi connectivity index (χ0v) is 15.0. The van der Waals surface area contributed by atoms with Crippen LogP contribution in [0.3, 0.4) is 0 Å². The van der Waals surface area contributed by atoms with Gasteiger partial charge in [-0.2, -0.15) is 13.2 Å². The van der Waals surface area contributed by atoms with Crippen LogP contribution < -0.4 is 5.73 Å². The Morgan fingerprint density at radius 2 is 1.70 bits per heavy atom. The molecule has 1 aliphatic carbocycles. The van der Waals surface area contributed by atoms with Gasteiger partial charge in [0.1, 0.15) is 0 Å². The normalized spacial score (nSPS) is 24.0. The number of hydrogen-bond donors (Lipinski definition) is 1. The number of carbonyl (C=O) groups is 2. The lowest BCUT2D eigenvalue weighted by Gasteiger charge is -2.37. The molecule has 1 saturated heterocycles. The van der Waals surface area contributed by atoms with Gasteiger partial charge in [-0.15, -0.1) is 0 Å². The quantitative estimate of drug-likeness (QED) is 0.853. The Hall–Kier alpha value is -2.09. The first-order valence-corrected chi connectivity index (χ1v) is 9.26. The van der Waals surface area contributed by atoms with Gasteiger partial charge in [-0.25, -0.2) is 0 Å². The van der Waals surface area contributed by atoms with Gasteiger partial charge >= 0.3 is 6.18 Å². The maximum absolute atomic E-state index is 12.8. The number of carbonyl (C=O) groups excluding carboxylic acids is 2. The van der Waals surface area contributed by atoms with Gasteiger partial charge in [0.25, 0.3) is 5.91 Å². The summed E-state index contributed by atoms with van der Waals surface area (Å²) in [6.45, 7) is 1.43. The minimum Gasteiger partial charge on any atom is -0.339 e. The molecule has 1 aromatic carbocycles. The molecule has 2 aliphatic rings. The molecular formula is C19H24F3N3O2. The summed E-state index contributed by atoms with van der Waals surface area (Å²) in [5.41, 5.74) is 5.14. The van der Waals surface area contributed by atoms with Crippen molar-refractivity contribution in [2.75, 3.05) is 26.2 Å². The summed E-state index contributed by atoms with van der Waals surface area (Å²) in [5, 5.41) is 0. The number of nitrogens with zero attached hydrogens (tertiary/aromatic N) is 2. The minimum atomic E-state index is -4.48. The Labute approximate surface area is 156 Å². The van der Waals surface area contributed by atoms with Crippen molar-refractivity contribution < 1.29 is 22.8 Å². The molecule has 0 bridgehead atoms. The third kappa shape index (κ3) is 4.61. The second kappa shape index (κ2) is 7.88. The molecule has 0 aromatic heterocycles. The first-order chi connectivity index (χ1) is 12.8. The van der Waals surface area contributed by atoms with Crippen LogP contribution in [0.1, 0.15) is 41.6 Å². The summed E-state index contributed by atoms with van der Waals surface area (Å²) in [4.78, 5) is 28.4. The summed E-state index contributed by atoms with van der Waals surface area (Å²) in [5.74, 6) is -0.413. The Kier molecular flexibility index (Phi) is 5.74. The molecule has 1 aromatic rings. The first kappa shape index (κ1) is 19.7. The summed E-state index contributed by atoms with van der Waals surface area (Å²) in [6, 6.07) is 4.52. The molecule has 8 heteroatoms. The van der Waals surface area contributed by atoms with E-state index in [1.165, 1.54) is 17.0 Å². The zero-order valence-electron chi connectivity index (χ0n) is 15.0. The van der Waals surface area contributed by atoms with E-state index >= 15 is 0 Å². The van der Waals surface area contributed by atoms with Crippen molar-refractivity contribution in [3.8, 4) is 0 Å². The van der Waals surface area contributed by atoms with Gasteiger partial charge in [-0.05, 0) is 37.5 Å². The molecule has 27 heavy (non-hydrogen) atoms. The van der Waals surface area contributed by atoms with Gasteiger partial charge in [0, 0.05) is 43.7 Å². The Morgan fingerprint density at radius 1 is 1.04 bits per heavy atom. The summed E-state index contributed by atoms with van der Waals surface area (Å²) < 4.78 is 38.5. The van der Waals surface area contributed by atoms with Gasteiger partial charge in [0.05, 0.1) is 5.56 Å². The van der Waals surface area contributed by atoms with E-state index in [1.807, 2.05) is 0 Å². The summed E-state index contributed by atoms with van der Waals surface area (Å²) >= 11 is 0. The fourth-order valence-corrected chi connectivity index (χ4v) is 3.85. The standard InChI is InChI=1S/C19H24F3N3O2/c20-19(21,22)15-5-1-3-13(11-15)17(26)24-7-9-25(10-8-24)18(27)14-4-2-6-16(23)12-14/h1,3,5,11,14,16H,2,4,6-10,12,23H2. The number of hydrogen-bond acceptors (Lipinski definition) is 3. The van der Waals surface area contributed by atoms with Crippen LogP contribution in [0.4, 0.5) is 13.2 Å². The average Bonchev–Trinajstić information content (AvgIpc) is 2.66. The fraction of sp³-hybridized carbons (Fsp3) is 0.579. The Bertz CT molecular complexity index is 700. The smallest absolute Gasteiger partial charge is 0.339 e. The third-order valence-electron chi connectivity index (χ3n) is 5.38. The Morgan fingerprint density at radius 3 is 2.33 bits per heavy atom. The number of benzene rings is 1. The number of halogens is 3. The van der Waals surface area contributed by atoms with Crippen LogP contribution in [0.5, 0.6) is 0 Å². The molecule has 2 amide bonds. The van der Waals surface area contributed by atoms with Crippen molar-refractivity contribution in [2.24, 2.45) is 11.7 Å². The van der Waals surface area contributed by atoms with Gasteiger partial charge in [0.2, 0.25) is 5.91 Å². The van der Waals surface area contributed by atoms with E-state index in [4.69, 9.17) is 5.73 Å². The average molecular weight is 383 g/mol. The highest BCUT2D eigenvalue weighted by Gasteiger charge is 2.33. The van der Waals surface area contributed by atoms with Crippen LogP contribution in [0, 0.1) is 5.92 Å². The topological polar surface area (TPSA) is 66.6 Å². The molecular weight excluding hydrogens is 359 g/mol. The molecule has 3 rings (SSSR count). The number of alkyl halides is 3. The van der Waals surface area contributed by atoms with Crippen LogP contribution in [0.25, 0.3) is 0 Å². The molecule has 2 N–H and O–H groups in total. The molecule has 2 fully saturated rings. The number of rotatable bonds is 2. The van der Waals surface area contributed by atoms with E-state index in [0.29, 0.717) is 32.6 Å². The van der Waals surface area contributed by atoms with E-state index in [-0.39, 0.29) is 23.4 Å². The predicted molar refractivity (Wildman–Crippen MR) is 93.9 cm³/mol. The first-order valence-electron chi connectivity index (χ1n) is 9.26. The highest BCUT2D eigenvalue weighted by molar-refractivity contribution is 5.94. The zero-order chi connectivity index (χ0) is 19.6. The largest absolute Gasteiger partial charge is 0.416 e. The number of amides is 2. The van der Waals surface area contributed by atoms with Crippen molar-refractivity contribution in [2.45, 2.75) is 37.9 Å². The fourth-order valence-electron chi connectivity index (χ4n) is 3.85. The maximum atomic E-state index is 12.8. The SMILES string of the molecule is NC1CCCC(C(=O)N2CCN(C(=O)c3cccc(C(F)(F)F)c3)CC2)C1. The molecule has 0 spiro atoms. The van der Waals surface area contributed by atoms with E-state index in [9.17, 15) is 22.8 Å². The van der Waals surface area contributed by atoms with Crippen molar-refractivity contribution in [3.05, 3.63) is 35.4 Å². The molecule has 2 atom stereocenters. The molecule has 5 nitrogen and oxygen atoms in total. The van der Waals surface area contributed by atoms with E-state index < -0.39 is 17.6 Å². The van der Waals surface area contributed by atoms with Crippen molar-refractivity contribution in [1.82, 2.24) is 9.80 Å². The predicted octanol–water partition coefficient (Wildman–Crippen LogP) is 2.51. The third-order valence-corrected chi connectivity index (χ3v) is 5.38. The molecule has 1 heterocycles. The molecule has 0 radical (unpaired) electrons. The van der Waals surface area contributed by atoms with Crippen molar-refractivity contribution >= 4 is 11.8 Å². The molecule has 1 saturated carbocycles. The minimum absolute atomic E-state index is 0.0165. The summed E-state index contributed by atoms with van der Waals surface area (Å²) in [6.07, 6.45) is -1.05. The number of piperazine rings is 1.